The van der Waals surface area contributed by atoms with Gasteiger partial charge in [-0.2, -0.15) is 5.10 Å². The van der Waals surface area contributed by atoms with E-state index in [2.05, 4.69) is 20.5 Å². The summed E-state index contributed by atoms with van der Waals surface area (Å²) < 4.78 is 0. The number of amides is 1. The molecule has 0 saturated heterocycles. The van der Waals surface area contributed by atoms with Crippen molar-refractivity contribution in [3.63, 3.8) is 0 Å². The first-order chi connectivity index (χ1) is 11.5. The Morgan fingerprint density at radius 1 is 1.33 bits per heavy atom. The Kier molecular flexibility index (Phi) is 4.21. The monoisotopic (exact) mass is 343 g/mol. The quantitative estimate of drug-likeness (QED) is 0.430. The predicted octanol–water partition coefficient (Wildman–Crippen LogP) is 2.89. The number of aromatic nitrogens is 2. The summed E-state index contributed by atoms with van der Waals surface area (Å²) in [6, 6.07) is 8.94. The SMILES string of the molecule is O=C(N/N=C/c1cc([N+](=O)[O-])ccc1Cl)c1ccc2nc[nH]c2c1. The highest BCUT2D eigenvalue weighted by Gasteiger charge is 2.09. The van der Waals surface area contributed by atoms with E-state index in [1.165, 1.54) is 30.7 Å². The number of nitro groups is 1. The fourth-order valence-corrected chi connectivity index (χ4v) is 2.21. The van der Waals surface area contributed by atoms with Crippen molar-refractivity contribution in [1.29, 1.82) is 0 Å². The van der Waals surface area contributed by atoms with E-state index >= 15 is 0 Å². The zero-order valence-electron chi connectivity index (χ0n) is 12.1. The summed E-state index contributed by atoms with van der Waals surface area (Å²) in [5.74, 6) is -0.427. The highest BCUT2D eigenvalue weighted by molar-refractivity contribution is 6.33. The summed E-state index contributed by atoms with van der Waals surface area (Å²) in [6.07, 6.45) is 2.79. The number of fused-ring (bicyclic) bond motifs is 1. The molecule has 2 aromatic carbocycles. The van der Waals surface area contributed by atoms with E-state index in [9.17, 15) is 14.9 Å². The molecule has 0 aliphatic carbocycles. The van der Waals surface area contributed by atoms with E-state index in [0.29, 0.717) is 11.1 Å². The Morgan fingerprint density at radius 3 is 2.96 bits per heavy atom. The molecular formula is C15H10ClN5O3. The average Bonchev–Trinajstić information content (AvgIpc) is 3.03. The molecule has 1 heterocycles. The van der Waals surface area contributed by atoms with Crippen LogP contribution in [0.15, 0.2) is 47.8 Å². The van der Waals surface area contributed by atoms with Crippen molar-refractivity contribution in [3.05, 3.63) is 69.0 Å². The number of hydrogen-bond acceptors (Lipinski definition) is 5. The fraction of sp³-hybridized carbons (Fsp3) is 0. The van der Waals surface area contributed by atoms with E-state index in [1.807, 2.05) is 0 Å². The third-order valence-corrected chi connectivity index (χ3v) is 3.59. The van der Waals surface area contributed by atoms with Gasteiger partial charge in [-0.25, -0.2) is 10.4 Å². The molecule has 9 heteroatoms. The smallest absolute Gasteiger partial charge is 0.271 e. The maximum absolute atomic E-state index is 12.1. The Balaban J connectivity index is 1.74. The topological polar surface area (TPSA) is 113 Å². The first kappa shape index (κ1) is 15.6. The standard InChI is InChI=1S/C15H10ClN5O3/c16-12-3-2-11(21(23)24)5-10(12)7-19-20-15(22)9-1-4-13-14(6-9)18-8-17-13/h1-8H,(H,17,18)(H,20,22)/b19-7+. The molecule has 24 heavy (non-hydrogen) atoms. The van der Waals surface area contributed by atoms with Crippen LogP contribution in [0.25, 0.3) is 11.0 Å². The van der Waals surface area contributed by atoms with Gasteiger partial charge in [0.1, 0.15) is 0 Å². The number of nitrogens with one attached hydrogen (secondary N) is 2. The zero-order valence-corrected chi connectivity index (χ0v) is 12.8. The van der Waals surface area contributed by atoms with Gasteiger partial charge in [-0.3, -0.25) is 14.9 Å². The van der Waals surface area contributed by atoms with Gasteiger partial charge in [-0.05, 0) is 24.3 Å². The number of aromatic amines is 1. The molecule has 120 valence electrons. The lowest BCUT2D eigenvalue weighted by Gasteiger charge is -2.01. The van der Waals surface area contributed by atoms with Crippen LogP contribution in [0.5, 0.6) is 0 Å². The van der Waals surface area contributed by atoms with Crippen LogP contribution in [0.2, 0.25) is 5.02 Å². The first-order valence-corrected chi connectivity index (χ1v) is 7.13. The van der Waals surface area contributed by atoms with Gasteiger partial charge in [-0.15, -0.1) is 0 Å². The van der Waals surface area contributed by atoms with Crippen molar-refractivity contribution in [1.82, 2.24) is 15.4 Å². The normalized spacial score (nSPS) is 11.0. The van der Waals surface area contributed by atoms with Crippen molar-refractivity contribution >= 4 is 40.4 Å². The van der Waals surface area contributed by atoms with Gasteiger partial charge in [0.2, 0.25) is 0 Å². The van der Waals surface area contributed by atoms with Crippen molar-refractivity contribution in [3.8, 4) is 0 Å². The molecule has 0 bridgehead atoms. The van der Waals surface area contributed by atoms with Crippen LogP contribution in [-0.4, -0.2) is 27.0 Å². The maximum Gasteiger partial charge on any atom is 0.271 e. The minimum atomic E-state index is -0.536. The highest BCUT2D eigenvalue weighted by atomic mass is 35.5. The van der Waals surface area contributed by atoms with E-state index in [0.717, 1.165) is 11.0 Å². The molecule has 3 rings (SSSR count). The minimum Gasteiger partial charge on any atom is -0.345 e. The molecule has 0 saturated carbocycles. The highest BCUT2D eigenvalue weighted by Crippen LogP contribution is 2.20. The summed E-state index contributed by atoms with van der Waals surface area (Å²) in [7, 11) is 0. The molecule has 0 spiro atoms. The lowest BCUT2D eigenvalue weighted by molar-refractivity contribution is -0.384. The van der Waals surface area contributed by atoms with Crippen molar-refractivity contribution in [2.24, 2.45) is 5.10 Å². The second-order valence-electron chi connectivity index (χ2n) is 4.80. The second kappa shape index (κ2) is 6.47. The van der Waals surface area contributed by atoms with Crippen LogP contribution in [-0.2, 0) is 0 Å². The Bertz CT molecular complexity index is 967. The predicted molar refractivity (Wildman–Crippen MR) is 89.3 cm³/mol. The van der Waals surface area contributed by atoms with Crippen LogP contribution in [0.4, 0.5) is 5.69 Å². The second-order valence-corrected chi connectivity index (χ2v) is 5.20. The van der Waals surface area contributed by atoms with Crippen LogP contribution in [0, 0.1) is 10.1 Å². The number of imidazole rings is 1. The van der Waals surface area contributed by atoms with Crippen LogP contribution in [0.1, 0.15) is 15.9 Å². The Hall–Kier alpha value is -3.26. The average molecular weight is 344 g/mol. The molecule has 1 amide bonds. The summed E-state index contributed by atoms with van der Waals surface area (Å²) in [5.41, 5.74) is 4.44. The van der Waals surface area contributed by atoms with E-state index in [-0.39, 0.29) is 10.7 Å². The van der Waals surface area contributed by atoms with Crippen LogP contribution in [0.3, 0.4) is 0 Å². The lowest BCUT2D eigenvalue weighted by Crippen LogP contribution is -2.17. The van der Waals surface area contributed by atoms with Crippen LogP contribution < -0.4 is 5.43 Å². The number of carbonyl (C=O) groups excluding carboxylic acids is 1. The molecule has 0 unspecified atom stereocenters. The summed E-state index contributed by atoms with van der Waals surface area (Å²) in [6.45, 7) is 0. The first-order valence-electron chi connectivity index (χ1n) is 6.75. The molecule has 0 atom stereocenters. The van der Waals surface area contributed by atoms with E-state index < -0.39 is 10.8 Å². The van der Waals surface area contributed by atoms with Crippen molar-refractivity contribution in [2.45, 2.75) is 0 Å². The zero-order chi connectivity index (χ0) is 17.1. The number of hydrazone groups is 1. The number of nitrogens with zero attached hydrogens (tertiary/aromatic N) is 3. The molecule has 2 N–H and O–H groups in total. The molecule has 3 aromatic rings. The molecule has 8 nitrogen and oxygen atoms in total. The largest absolute Gasteiger partial charge is 0.345 e. The Morgan fingerprint density at radius 2 is 2.17 bits per heavy atom. The minimum absolute atomic E-state index is 0.114. The number of non-ortho nitro benzene ring substituents is 1. The van der Waals surface area contributed by atoms with Crippen molar-refractivity contribution in [2.75, 3.05) is 0 Å². The van der Waals surface area contributed by atoms with Gasteiger partial charge in [-0.1, -0.05) is 11.6 Å². The van der Waals surface area contributed by atoms with E-state index in [1.54, 1.807) is 18.2 Å². The molecule has 0 aliphatic rings. The summed E-state index contributed by atoms with van der Waals surface area (Å²) in [5, 5.41) is 14.8. The van der Waals surface area contributed by atoms with Gasteiger partial charge >= 0.3 is 0 Å². The number of hydrogen-bond donors (Lipinski definition) is 2. The van der Waals surface area contributed by atoms with Crippen LogP contribution >= 0.6 is 11.6 Å². The van der Waals surface area contributed by atoms with E-state index in [4.69, 9.17) is 11.6 Å². The number of halogens is 1. The third kappa shape index (κ3) is 3.23. The molecule has 0 aliphatic heterocycles. The Labute approximate surface area is 140 Å². The maximum atomic E-state index is 12.1. The lowest BCUT2D eigenvalue weighted by atomic mass is 10.2. The number of rotatable bonds is 4. The number of H-pyrrole nitrogens is 1. The fourth-order valence-electron chi connectivity index (χ4n) is 2.05. The number of nitro benzene ring substituents is 1. The summed E-state index contributed by atoms with van der Waals surface area (Å²) in [4.78, 5) is 29.3. The number of benzene rings is 2. The third-order valence-electron chi connectivity index (χ3n) is 3.24. The van der Waals surface area contributed by atoms with Gasteiger partial charge in [0.05, 0.1) is 28.5 Å². The van der Waals surface area contributed by atoms with Crippen molar-refractivity contribution < 1.29 is 9.72 Å². The molecular weight excluding hydrogens is 334 g/mol. The van der Waals surface area contributed by atoms with Gasteiger partial charge in [0.15, 0.2) is 0 Å². The van der Waals surface area contributed by atoms with Gasteiger partial charge in [0.25, 0.3) is 11.6 Å². The molecule has 0 radical (unpaired) electrons. The molecule has 1 aromatic heterocycles. The summed E-state index contributed by atoms with van der Waals surface area (Å²) >= 11 is 5.95. The number of carbonyl (C=O) groups is 1. The van der Waals surface area contributed by atoms with Gasteiger partial charge < -0.3 is 4.98 Å². The molecule has 0 fully saturated rings. The van der Waals surface area contributed by atoms with Gasteiger partial charge in [0, 0.05) is 28.3 Å².